The highest BCUT2D eigenvalue weighted by molar-refractivity contribution is 5.55. The van der Waals surface area contributed by atoms with E-state index in [1.807, 2.05) is 0 Å². The molecule has 1 saturated carbocycles. The van der Waals surface area contributed by atoms with Gasteiger partial charge in [0.1, 0.15) is 0 Å². The summed E-state index contributed by atoms with van der Waals surface area (Å²) in [6.07, 6.45) is 2.22. The molecule has 0 spiro atoms. The summed E-state index contributed by atoms with van der Waals surface area (Å²) in [5, 5.41) is 0. The highest BCUT2D eigenvalue weighted by Crippen LogP contribution is 2.41. The van der Waals surface area contributed by atoms with Crippen LogP contribution in [0.25, 0.3) is 4.85 Å². The minimum atomic E-state index is 0.155. The SMILES string of the molecule is [C-]#[N+]c1nc(C2CC2)oc1N. The molecule has 0 aliphatic heterocycles. The van der Waals surface area contributed by atoms with E-state index in [9.17, 15) is 0 Å². The molecule has 0 unspecified atom stereocenters. The molecular formula is C7H7N3O. The Balaban J connectivity index is 2.38. The number of nitrogen functional groups attached to an aromatic ring is 1. The molecule has 0 atom stereocenters. The van der Waals surface area contributed by atoms with E-state index >= 15 is 0 Å². The number of aromatic nitrogens is 1. The van der Waals surface area contributed by atoms with Crippen molar-refractivity contribution in [2.75, 3.05) is 5.73 Å². The normalized spacial score (nSPS) is 16.3. The molecular weight excluding hydrogens is 142 g/mol. The summed E-state index contributed by atoms with van der Waals surface area (Å²) in [7, 11) is 0. The van der Waals surface area contributed by atoms with Gasteiger partial charge in [-0.2, -0.15) is 0 Å². The van der Waals surface area contributed by atoms with Gasteiger partial charge in [-0.15, -0.1) is 0 Å². The maximum atomic E-state index is 6.68. The maximum absolute atomic E-state index is 6.68. The molecule has 0 radical (unpaired) electrons. The molecule has 11 heavy (non-hydrogen) atoms. The number of hydrogen-bond donors (Lipinski definition) is 1. The van der Waals surface area contributed by atoms with Gasteiger partial charge in [-0.3, -0.25) is 0 Å². The van der Waals surface area contributed by atoms with Crippen LogP contribution in [0.2, 0.25) is 0 Å². The fourth-order valence-electron chi connectivity index (χ4n) is 0.926. The lowest BCUT2D eigenvalue weighted by Gasteiger charge is -1.80. The van der Waals surface area contributed by atoms with E-state index in [-0.39, 0.29) is 11.7 Å². The van der Waals surface area contributed by atoms with E-state index < -0.39 is 0 Å². The first-order chi connectivity index (χ1) is 5.31. The Labute approximate surface area is 63.8 Å². The molecule has 4 heteroatoms. The van der Waals surface area contributed by atoms with Gasteiger partial charge in [0.25, 0.3) is 5.89 Å². The van der Waals surface area contributed by atoms with Gasteiger partial charge in [0, 0.05) is 0 Å². The third kappa shape index (κ3) is 0.944. The van der Waals surface area contributed by atoms with E-state index in [0.29, 0.717) is 11.8 Å². The maximum Gasteiger partial charge on any atom is 0.332 e. The van der Waals surface area contributed by atoms with Crippen molar-refractivity contribution in [1.29, 1.82) is 0 Å². The molecule has 4 nitrogen and oxygen atoms in total. The van der Waals surface area contributed by atoms with Crippen LogP contribution in [0.4, 0.5) is 11.7 Å². The van der Waals surface area contributed by atoms with Gasteiger partial charge in [0.15, 0.2) is 0 Å². The number of rotatable bonds is 1. The van der Waals surface area contributed by atoms with Crippen molar-refractivity contribution in [1.82, 2.24) is 4.98 Å². The minimum absolute atomic E-state index is 0.155. The predicted octanol–water partition coefficient (Wildman–Crippen LogP) is 1.68. The van der Waals surface area contributed by atoms with E-state index in [2.05, 4.69) is 9.83 Å². The summed E-state index contributed by atoms with van der Waals surface area (Å²) in [5.41, 5.74) is 5.37. The average Bonchev–Trinajstić information content (AvgIpc) is 2.76. The van der Waals surface area contributed by atoms with E-state index in [0.717, 1.165) is 12.8 Å². The van der Waals surface area contributed by atoms with Crippen LogP contribution < -0.4 is 5.73 Å². The lowest BCUT2D eigenvalue weighted by atomic mass is 10.4. The molecule has 1 aliphatic rings. The molecule has 56 valence electrons. The topological polar surface area (TPSA) is 56.4 Å². The van der Waals surface area contributed by atoms with Gasteiger partial charge in [-0.25, -0.2) is 0 Å². The van der Waals surface area contributed by atoms with Gasteiger partial charge in [-0.1, -0.05) is 11.6 Å². The highest BCUT2D eigenvalue weighted by Gasteiger charge is 2.32. The van der Waals surface area contributed by atoms with Crippen LogP contribution in [-0.2, 0) is 0 Å². The molecule has 2 N–H and O–H groups in total. The molecule has 0 saturated heterocycles. The lowest BCUT2D eigenvalue weighted by molar-refractivity contribution is 0.513. The Bertz CT molecular complexity index is 319. The molecule has 0 aromatic carbocycles. The molecule has 1 heterocycles. The summed E-state index contributed by atoms with van der Waals surface area (Å²) in [5.74, 6) is 1.41. The van der Waals surface area contributed by atoms with Crippen molar-refractivity contribution >= 4 is 11.7 Å². The van der Waals surface area contributed by atoms with Gasteiger partial charge in [-0.05, 0) is 12.8 Å². The predicted molar refractivity (Wildman–Crippen MR) is 39.2 cm³/mol. The summed E-state index contributed by atoms with van der Waals surface area (Å²) in [6.45, 7) is 6.68. The smallest absolute Gasteiger partial charge is 0.332 e. The first-order valence-electron chi connectivity index (χ1n) is 3.45. The summed E-state index contributed by atoms with van der Waals surface area (Å²) < 4.78 is 5.08. The van der Waals surface area contributed by atoms with Crippen LogP contribution in [0.3, 0.4) is 0 Å². The Morgan fingerprint density at radius 1 is 1.64 bits per heavy atom. The number of nitrogens with two attached hydrogens (primary N) is 1. The molecule has 2 rings (SSSR count). The zero-order valence-electron chi connectivity index (χ0n) is 5.87. The van der Waals surface area contributed by atoms with Crippen LogP contribution in [0.15, 0.2) is 4.42 Å². The first-order valence-corrected chi connectivity index (χ1v) is 3.45. The first kappa shape index (κ1) is 6.23. The third-order valence-corrected chi connectivity index (χ3v) is 1.68. The van der Waals surface area contributed by atoms with Crippen LogP contribution in [0.5, 0.6) is 0 Å². The van der Waals surface area contributed by atoms with Gasteiger partial charge >= 0.3 is 5.82 Å². The van der Waals surface area contributed by atoms with Crippen molar-refractivity contribution in [3.05, 3.63) is 17.3 Å². The molecule has 1 aromatic rings. The van der Waals surface area contributed by atoms with Crippen LogP contribution >= 0.6 is 0 Å². The quantitative estimate of drug-likeness (QED) is 0.618. The second-order valence-electron chi connectivity index (χ2n) is 2.63. The number of oxazole rings is 1. The van der Waals surface area contributed by atoms with Crippen LogP contribution in [-0.4, -0.2) is 4.98 Å². The monoisotopic (exact) mass is 149 g/mol. The zero-order valence-corrected chi connectivity index (χ0v) is 5.87. The largest absolute Gasteiger partial charge is 0.417 e. The Hall–Kier alpha value is -1.50. The standard InChI is InChI=1S/C7H7N3O/c1-9-6-5(8)11-7(10-6)4-2-3-4/h4H,2-3,8H2. The molecule has 1 aliphatic carbocycles. The third-order valence-electron chi connectivity index (χ3n) is 1.68. The van der Waals surface area contributed by atoms with Crippen molar-refractivity contribution in [3.8, 4) is 0 Å². The van der Waals surface area contributed by atoms with Gasteiger partial charge < -0.3 is 15.0 Å². The molecule has 1 fully saturated rings. The summed E-state index contributed by atoms with van der Waals surface area (Å²) in [4.78, 5) is 7.07. The van der Waals surface area contributed by atoms with Crippen molar-refractivity contribution in [2.24, 2.45) is 0 Å². The van der Waals surface area contributed by atoms with Crippen LogP contribution in [0.1, 0.15) is 24.7 Å². The van der Waals surface area contributed by atoms with Crippen molar-refractivity contribution in [2.45, 2.75) is 18.8 Å². The van der Waals surface area contributed by atoms with Gasteiger partial charge in [0.2, 0.25) is 5.88 Å². The van der Waals surface area contributed by atoms with Crippen molar-refractivity contribution < 1.29 is 4.42 Å². The van der Waals surface area contributed by atoms with Crippen LogP contribution in [0, 0.1) is 6.57 Å². The summed E-state index contributed by atoms with van der Waals surface area (Å²) >= 11 is 0. The lowest BCUT2D eigenvalue weighted by Crippen LogP contribution is -1.77. The molecule has 0 bridgehead atoms. The fourth-order valence-corrected chi connectivity index (χ4v) is 0.926. The van der Waals surface area contributed by atoms with Crippen molar-refractivity contribution in [3.63, 3.8) is 0 Å². The Morgan fingerprint density at radius 3 is 2.82 bits per heavy atom. The average molecular weight is 149 g/mol. The second kappa shape index (κ2) is 1.99. The number of anilines is 1. The Morgan fingerprint density at radius 2 is 2.36 bits per heavy atom. The zero-order chi connectivity index (χ0) is 7.84. The Kier molecular flexibility index (Phi) is 1.13. The second-order valence-corrected chi connectivity index (χ2v) is 2.63. The van der Waals surface area contributed by atoms with Gasteiger partial charge in [0.05, 0.1) is 5.92 Å². The van der Waals surface area contributed by atoms with E-state index in [1.54, 1.807) is 0 Å². The number of hydrogen-bond acceptors (Lipinski definition) is 3. The molecule has 1 aromatic heterocycles. The van der Waals surface area contributed by atoms with E-state index in [4.69, 9.17) is 16.7 Å². The minimum Gasteiger partial charge on any atom is -0.417 e. The summed E-state index contributed by atoms with van der Waals surface area (Å²) in [6, 6.07) is 0. The van der Waals surface area contributed by atoms with E-state index in [1.165, 1.54) is 0 Å². The highest BCUT2D eigenvalue weighted by atomic mass is 16.4. The molecule has 0 amide bonds. The fraction of sp³-hybridized carbons (Fsp3) is 0.429. The number of nitrogens with zero attached hydrogens (tertiary/aromatic N) is 2.